The standard InChI is InChI=1S/C19H15NO3/c1-20-8-7-13-9-12(3-5-17(13)20)15-11-19(21)23-18-6-4-14(22-2)10-16(15)18/h3-11H,1-2H3. The summed E-state index contributed by atoms with van der Waals surface area (Å²) in [6, 6.07) is 15.2. The van der Waals surface area contributed by atoms with Crippen LogP contribution < -0.4 is 10.4 Å². The van der Waals surface area contributed by atoms with Crippen LogP contribution >= 0.6 is 0 Å². The lowest BCUT2D eigenvalue weighted by atomic mass is 10.0. The van der Waals surface area contributed by atoms with Gasteiger partial charge < -0.3 is 13.7 Å². The van der Waals surface area contributed by atoms with E-state index in [1.165, 1.54) is 6.07 Å². The van der Waals surface area contributed by atoms with E-state index in [-0.39, 0.29) is 5.63 Å². The van der Waals surface area contributed by atoms with Gasteiger partial charge in [0, 0.05) is 35.6 Å². The molecule has 4 rings (SSSR count). The minimum Gasteiger partial charge on any atom is -0.497 e. The Balaban J connectivity index is 2.03. The third kappa shape index (κ3) is 2.19. The normalized spacial score (nSPS) is 11.2. The molecular weight excluding hydrogens is 290 g/mol. The zero-order chi connectivity index (χ0) is 16.0. The van der Waals surface area contributed by atoms with Crippen LogP contribution in [0.15, 0.2) is 63.9 Å². The number of benzene rings is 2. The quantitative estimate of drug-likeness (QED) is 0.527. The average Bonchev–Trinajstić information content (AvgIpc) is 2.94. The van der Waals surface area contributed by atoms with Crippen molar-refractivity contribution in [1.29, 1.82) is 0 Å². The average molecular weight is 305 g/mol. The summed E-state index contributed by atoms with van der Waals surface area (Å²) in [5.41, 5.74) is 3.18. The van der Waals surface area contributed by atoms with Crippen LogP contribution in [0.25, 0.3) is 33.0 Å². The van der Waals surface area contributed by atoms with E-state index in [4.69, 9.17) is 9.15 Å². The predicted molar refractivity (Wildman–Crippen MR) is 90.9 cm³/mol. The Labute approximate surface area is 132 Å². The van der Waals surface area contributed by atoms with Gasteiger partial charge in [-0.15, -0.1) is 0 Å². The Bertz CT molecular complexity index is 1090. The summed E-state index contributed by atoms with van der Waals surface area (Å²) >= 11 is 0. The Hall–Kier alpha value is -3.01. The van der Waals surface area contributed by atoms with Crippen LogP contribution in [0.2, 0.25) is 0 Å². The van der Waals surface area contributed by atoms with Gasteiger partial charge in [-0.1, -0.05) is 6.07 Å². The van der Waals surface area contributed by atoms with Gasteiger partial charge in [-0.25, -0.2) is 4.79 Å². The first-order valence-electron chi connectivity index (χ1n) is 7.33. The number of nitrogens with zero attached hydrogens (tertiary/aromatic N) is 1. The first-order valence-corrected chi connectivity index (χ1v) is 7.33. The zero-order valence-electron chi connectivity index (χ0n) is 12.9. The van der Waals surface area contributed by atoms with Crippen molar-refractivity contribution in [2.45, 2.75) is 0 Å². The molecule has 0 aliphatic heterocycles. The van der Waals surface area contributed by atoms with Gasteiger partial charge in [0.15, 0.2) is 0 Å². The van der Waals surface area contributed by atoms with Gasteiger partial charge in [0.05, 0.1) is 7.11 Å². The Kier molecular flexibility index (Phi) is 2.98. The molecule has 2 heterocycles. The van der Waals surface area contributed by atoms with Gasteiger partial charge in [0.25, 0.3) is 0 Å². The second-order valence-corrected chi connectivity index (χ2v) is 5.54. The molecule has 4 heteroatoms. The van der Waals surface area contributed by atoms with Crippen molar-refractivity contribution in [3.05, 3.63) is 65.1 Å². The van der Waals surface area contributed by atoms with Crippen LogP contribution in [0, 0.1) is 0 Å². The molecule has 2 aromatic carbocycles. The lowest BCUT2D eigenvalue weighted by molar-refractivity contribution is 0.415. The van der Waals surface area contributed by atoms with E-state index in [2.05, 4.69) is 22.8 Å². The summed E-state index contributed by atoms with van der Waals surface area (Å²) in [6.45, 7) is 0. The molecule has 4 nitrogen and oxygen atoms in total. The summed E-state index contributed by atoms with van der Waals surface area (Å²) in [4.78, 5) is 11.9. The van der Waals surface area contributed by atoms with Gasteiger partial charge in [-0.3, -0.25) is 0 Å². The molecule has 0 saturated carbocycles. The highest BCUT2D eigenvalue weighted by atomic mass is 16.5. The maximum Gasteiger partial charge on any atom is 0.336 e. The number of aryl methyl sites for hydroxylation is 1. The third-order valence-corrected chi connectivity index (χ3v) is 4.15. The minimum absolute atomic E-state index is 0.356. The van der Waals surface area contributed by atoms with Crippen LogP contribution in [0.1, 0.15) is 0 Å². The fourth-order valence-corrected chi connectivity index (χ4v) is 2.96. The number of rotatable bonds is 2. The monoisotopic (exact) mass is 305 g/mol. The van der Waals surface area contributed by atoms with Crippen molar-refractivity contribution in [2.24, 2.45) is 7.05 Å². The van der Waals surface area contributed by atoms with Crippen molar-refractivity contribution >= 4 is 21.9 Å². The van der Waals surface area contributed by atoms with Crippen molar-refractivity contribution < 1.29 is 9.15 Å². The number of hydrogen-bond acceptors (Lipinski definition) is 3. The maximum atomic E-state index is 11.9. The van der Waals surface area contributed by atoms with E-state index in [0.29, 0.717) is 5.58 Å². The second-order valence-electron chi connectivity index (χ2n) is 5.54. The smallest absolute Gasteiger partial charge is 0.336 e. The largest absolute Gasteiger partial charge is 0.497 e. The maximum absolute atomic E-state index is 11.9. The molecule has 0 spiro atoms. The van der Waals surface area contributed by atoms with Gasteiger partial charge in [-0.2, -0.15) is 0 Å². The molecule has 0 radical (unpaired) electrons. The highest BCUT2D eigenvalue weighted by molar-refractivity contribution is 5.96. The zero-order valence-corrected chi connectivity index (χ0v) is 12.9. The van der Waals surface area contributed by atoms with Crippen LogP contribution in [-0.2, 0) is 7.05 Å². The van der Waals surface area contributed by atoms with E-state index in [9.17, 15) is 4.79 Å². The molecule has 114 valence electrons. The van der Waals surface area contributed by atoms with Gasteiger partial charge in [-0.05, 0) is 47.5 Å². The van der Waals surface area contributed by atoms with E-state index in [1.807, 2.05) is 25.4 Å². The SMILES string of the molecule is COc1ccc2oc(=O)cc(-c3ccc4c(ccn4C)c3)c2c1. The first-order chi connectivity index (χ1) is 11.2. The highest BCUT2D eigenvalue weighted by Crippen LogP contribution is 2.31. The fourth-order valence-electron chi connectivity index (χ4n) is 2.96. The van der Waals surface area contributed by atoms with E-state index in [1.54, 1.807) is 19.2 Å². The molecule has 0 N–H and O–H groups in total. The Morgan fingerprint density at radius 2 is 1.91 bits per heavy atom. The van der Waals surface area contributed by atoms with Gasteiger partial charge >= 0.3 is 5.63 Å². The molecule has 0 amide bonds. The summed E-state index contributed by atoms with van der Waals surface area (Å²) in [5, 5.41) is 1.99. The Morgan fingerprint density at radius 3 is 2.74 bits per heavy atom. The molecule has 2 aromatic heterocycles. The number of methoxy groups -OCH3 is 1. The van der Waals surface area contributed by atoms with Crippen molar-refractivity contribution in [1.82, 2.24) is 4.57 Å². The molecule has 0 unspecified atom stereocenters. The molecule has 0 bridgehead atoms. The highest BCUT2D eigenvalue weighted by Gasteiger charge is 2.10. The number of ether oxygens (including phenoxy) is 1. The lowest BCUT2D eigenvalue weighted by Gasteiger charge is -2.08. The van der Waals surface area contributed by atoms with Crippen LogP contribution in [0.5, 0.6) is 5.75 Å². The molecule has 23 heavy (non-hydrogen) atoms. The summed E-state index contributed by atoms with van der Waals surface area (Å²) in [6.07, 6.45) is 2.02. The van der Waals surface area contributed by atoms with Crippen molar-refractivity contribution in [3.63, 3.8) is 0 Å². The van der Waals surface area contributed by atoms with Gasteiger partial charge in [0.2, 0.25) is 0 Å². The molecule has 0 atom stereocenters. The van der Waals surface area contributed by atoms with Crippen LogP contribution in [0.4, 0.5) is 0 Å². The summed E-state index contributed by atoms with van der Waals surface area (Å²) < 4.78 is 12.7. The molecule has 0 aliphatic rings. The molecule has 0 saturated heterocycles. The fraction of sp³-hybridized carbons (Fsp3) is 0.105. The van der Waals surface area contributed by atoms with Crippen LogP contribution in [-0.4, -0.2) is 11.7 Å². The van der Waals surface area contributed by atoms with E-state index < -0.39 is 0 Å². The van der Waals surface area contributed by atoms with E-state index >= 15 is 0 Å². The summed E-state index contributed by atoms with van der Waals surface area (Å²) in [5.74, 6) is 0.730. The van der Waals surface area contributed by atoms with Crippen molar-refractivity contribution in [3.8, 4) is 16.9 Å². The minimum atomic E-state index is -0.356. The van der Waals surface area contributed by atoms with Gasteiger partial charge in [0.1, 0.15) is 11.3 Å². The third-order valence-electron chi connectivity index (χ3n) is 4.15. The lowest BCUT2D eigenvalue weighted by Crippen LogP contribution is -1.98. The van der Waals surface area contributed by atoms with Crippen molar-refractivity contribution in [2.75, 3.05) is 7.11 Å². The molecule has 0 aliphatic carbocycles. The van der Waals surface area contributed by atoms with E-state index in [0.717, 1.165) is 33.2 Å². The second kappa shape index (κ2) is 5.02. The topological polar surface area (TPSA) is 44.4 Å². The molecule has 0 fully saturated rings. The Morgan fingerprint density at radius 1 is 1.04 bits per heavy atom. The number of hydrogen-bond donors (Lipinski definition) is 0. The number of fused-ring (bicyclic) bond motifs is 2. The number of aromatic nitrogens is 1. The predicted octanol–water partition coefficient (Wildman–Crippen LogP) is 3.96. The molecular formula is C19H15NO3. The molecule has 4 aromatic rings. The first kappa shape index (κ1) is 13.6. The summed E-state index contributed by atoms with van der Waals surface area (Å²) in [7, 11) is 3.63. The van der Waals surface area contributed by atoms with Crippen LogP contribution in [0.3, 0.4) is 0 Å².